The lowest BCUT2D eigenvalue weighted by atomic mass is 10.0. The van der Waals surface area contributed by atoms with Crippen molar-refractivity contribution in [3.8, 4) is 0 Å². The van der Waals surface area contributed by atoms with Gasteiger partial charge in [0, 0.05) is 12.8 Å². The highest BCUT2D eigenvalue weighted by molar-refractivity contribution is 4.91. The van der Waals surface area contributed by atoms with Gasteiger partial charge in [-0.05, 0) is 12.8 Å². The zero-order chi connectivity index (χ0) is 23.7. The molecule has 2 unspecified atom stereocenters. The van der Waals surface area contributed by atoms with Crippen LogP contribution in [0.3, 0.4) is 0 Å². The van der Waals surface area contributed by atoms with Crippen molar-refractivity contribution in [3.63, 3.8) is 0 Å². The number of hydrogen-bond acceptors (Lipinski definition) is 1. The van der Waals surface area contributed by atoms with Crippen LogP contribution in [-0.4, -0.2) is 48.8 Å². The molecule has 0 aromatic heterocycles. The molecule has 0 rings (SSSR count). The van der Waals surface area contributed by atoms with Gasteiger partial charge in [-0.25, -0.2) is 0 Å². The number of hydrogen-bond donors (Lipinski definition) is 0. The highest BCUT2D eigenvalue weighted by atomic mass is 19.4. The molecule has 0 aromatic rings. The molecule has 1 nitrogen and oxygen atoms in total. The highest BCUT2D eigenvalue weighted by Crippen LogP contribution is 2.47. The van der Waals surface area contributed by atoms with Crippen molar-refractivity contribution in [3.05, 3.63) is 0 Å². The van der Waals surface area contributed by atoms with Gasteiger partial charge in [-0.1, -0.05) is 0 Å². The summed E-state index contributed by atoms with van der Waals surface area (Å²) in [5, 5.41) is 0. The Hall–Kier alpha value is -1.16. The first kappa shape index (κ1) is 27.8. The molecule has 0 fully saturated rings. The second kappa shape index (κ2) is 8.53. The Morgan fingerprint density at radius 1 is 0.448 bits per heavy atom. The Kier molecular flexibility index (Phi) is 8.19. The number of rotatable bonds is 8. The van der Waals surface area contributed by atoms with E-state index >= 15 is 0 Å². The van der Waals surface area contributed by atoms with Gasteiger partial charge in [-0.3, -0.25) is 0 Å². The Bertz CT molecular complexity index is 464. The van der Waals surface area contributed by atoms with Crippen LogP contribution >= 0.6 is 0 Å². The molecule has 0 aliphatic carbocycles. The van der Waals surface area contributed by atoms with Crippen LogP contribution < -0.4 is 0 Å². The van der Waals surface area contributed by atoms with Gasteiger partial charge in [0.1, 0.15) is 12.2 Å². The van der Waals surface area contributed by atoms with Crippen LogP contribution in [0.1, 0.15) is 25.7 Å². The molecule has 0 saturated heterocycles. The first-order valence-corrected chi connectivity index (χ1v) is 7.10. The van der Waals surface area contributed by atoms with E-state index in [4.69, 9.17) is 0 Å². The summed E-state index contributed by atoms with van der Waals surface area (Å²) in [7, 11) is 0. The van der Waals surface area contributed by atoms with Crippen molar-refractivity contribution in [2.24, 2.45) is 0 Å². The van der Waals surface area contributed by atoms with Crippen molar-refractivity contribution in [1.82, 2.24) is 0 Å². The summed E-state index contributed by atoms with van der Waals surface area (Å²) in [6.07, 6.45) is -42.9. The fourth-order valence-corrected chi connectivity index (χ4v) is 1.82. The van der Waals surface area contributed by atoms with Crippen LogP contribution in [0.15, 0.2) is 0 Å². The molecule has 0 saturated carbocycles. The average Bonchev–Trinajstić information content (AvgIpc) is 2.41. The van der Waals surface area contributed by atoms with Crippen molar-refractivity contribution < 1.29 is 75.0 Å². The van der Waals surface area contributed by atoms with Gasteiger partial charge >= 0.3 is 36.6 Å². The minimum atomic E-state index is -6.76. The molecule has 2 atom stereocenters. The van der Waals surface area contributed by atoms with Crippen molar-refractivity contribution in [2.75, 3.05) is 0 Å². The molecule has 0 heterocycles. The van der Waals surface area contributed by atoms with E-state index in [1.165, 1.54) is 0 Å². The quantitative estimate of drug-likeness (QED) is 0.351. The van der Waals surface area contributed by atoms with Crippen LogP contribution in [-0.2, 0) is 4.74 Å². The van der Waals surface area contributed by atoms with Gasteiger partial charge in [0.2, 0.25) is 0 Å². The summed E-state index contributed by atoms with van der Waals surface area (Å²) < 4.78 is 203. The fourth-order valence-electron chi connectivity index (χ4n) is 1.82. The minimum Gasteiger partial charge on any atom is -0.362 e. The van der Waals surface area contributed by atoms with E-state index < -0.39 is 74.4 Å². The summed E-state index contributed by atoms with van der Waals surface area (Å²) in [5.74, 6) is -12.8. The molecule has 176 valence electrons. The fraction of sp³-hybridized carbons (Fsp3) is 1.00. The zero-order valence-electron chi connectivity index (χ0n) is 13.4. The predicted octanol–water partition coefficient (Wildman–Crippen LogP) is 6.82. The minimum absolute atomic E-state index is 2.45. The first-order valence-electron chi connectivity index (χ1n) is 7.10. The van der Waals surface area contributed by atoms with Crippen LogP contribution in [0, 0.1) is 0 Å². The smallest absolute Gasteiger partial charge is 0.362 e. The van der Waals surface area contributed by atoms with Gasteiger partial charge in [0.15, 0.2) is 0 Å². The lowest BCUT2D eigenvalue weighted by molar-refractivity contribution is -0.360. The van der Waals surface area contributed by atoms with E-state index in [0.717, 1.165) is 0 Å². The summed E-state index contributed by atoms with van der Waals surface area (Å²) >= 11 is 0. The molecule has 0 bridgehead atoms. The maximum absolute atomic E-state index is 13.3. The largest absolute Gasteiger partial charge is 0.456 e. The van der Waals surface area contributed by atoms with Gasteiger partial charge in [-0.15, -0.1) is 0 Å². The van der Waals surface area contributed by atoms with E-state index in [2.05, 4.69) is 4.74 Å². The summed E-state index contributed by atoms with van der Waals surface area (Å²) in [5.41, 5.74) is 0. The summed E-state index contributed by atoms with van der Waals surface area (Å²) in [4.78, 5) is 0. The van der Waals surface area contributed by atoms with Crippen LogP contribution in [0.4, 0.5) is 70.2 Å². The van der Waals surface area contributed by atoms with Crippen LogP contribution in [0.2, 0.25) is 0 Å². The number of ether oxygens (including phenoxy) is 1. The van der Waals surface area contributed by atoms with Gasteiger partial charge in [-0.2, -0.15) is 70.2 Å². The maximum atomic E-state index is 13.3. The molecule has 0 amide bonds. The van der Waals surface area contributed by atoms with E-state index in [1.807, 2.05) is 0 Å². The van der Waals surface area contributed by atoms with Crippen molar-refractivity contribution >= 4 is 0 Å². The first-order chi connectivity index (χ1) is 12.4. The van der Waals surface area contributed by atoms with E-state index in [0.29, 0.717) is 0 Å². The standard InChI is InChI=1S/C12H10F16O/c13-7(14,15)3-1-5(9(19,20)11(23,24)25)29-6(2-4-8(16,17)18)10(21,22)12(26,27)28/h5-6H,1-4H2. The molecular formula is C12H10F16O. The Balaban J connectivity index is 6.01. The topological polar surface area (TPSA) is 9.23 Å². The monoisotopic (exact) mass is 474 g/mol. The molecule has 17 heteroatoms. The zero-order valence-corrected chi connectivity index (χ0v) is 13.4. The third-order valence-electron chi connectivity index (χ3n) is 3.27. The number of halogens is 16. The molecule has 0 N–H and O–H groups in total. The SMILES string of the molecule is FC(F)(F)CCC(OC(CCC(F)(F)F)C(F)(F)C(F)(F)F)C(F)(F)C(F)(F)F. The Labute approximate surface area is 151 Å². The second-order valence-corrected chi connectivity index (χ2v) is 5.66. The van der Waals surface area contributed by atoms with Crippen LogP contribution in [0.25, 0.3) is 0 Å². The third kappa shape index (κ3) is 8.24. The van der Waals surface area contributed by atoms with Gasteiger partial charge in [0.05, 0.1) is 0 Å². The van der Waals surface area contributed by atoms with Gasteiger partial charge < -0.3 is 4.74 Å². The predicted molar refractivity (Wildman–Crippen MR) is 61.2 cm³/mol. The average molecular weight is 474 g/mol. The molecule has 0 radical (unpaired) electrons. The normalized spacial score (nSPS) is 17.4. The summed E-state index contributed by atoms with van der Waals surface area (Å²) in [6.45, 7) is 0. The molecule has 0 aliphatic rings. The van der Waals surface area contributed by atoms with E-state index in [-0.39, 0.29) is 0 Å². The van der Waals surface area contributed by atoms with Crippen molar-refractivity contribution in [2.45, 2.75) is 74.4 Å². The van der Waals surface area contributed by atoms with E-state index in [9.17, 15) is 70.2 Å². The molecule has 0 spiro atoms. The van der Waals surface area contributed by atoms with E-state index in [1.54, 1.807) is 0 Å². The van der Waals surface area contributed by atoms with Crippen LogP contribution in [0.5, 0.6) is 0 Å². The number of alkyl halides is 16. The lowest BCUT2D eigenvalue weighted by Gasteiger charge is -2.35. The lowest BCUT2D eigenvalue weighted by Crippen LogP contribution is -2.55. The Morgan fingerprint density at radius 2 is 0.690 bits per heavy atom. The molecular weight excluding hydrogens is 464 g/mol. The molecule has 29 heavy (non-hydrogen) atoms. The molecule has 0 aliphatic heterocycles. The third-order valence-corrected chi connectivity index (χ3v) is 3.27. The van der Waals surface area contributed by atoms with Crippen molar-refractivity contribution in [1.29, 1.82) is 0 Å². The van der Waals surface area contributed by atoms with Gasteiger partial charge in [0.25, 0.3) is 0 Å². The Morgan fingerprint density at radius 3 is 0.862 bits per heavy atom. The second-order valence-electron chi connectivity index (χ2n) is 5.66. The highest BCUT2D eigenvalue weighted by Gasteiger charge is 2.68. The molecule has 0 aromatic carbocycles. The maximum Gasteiger partial charge on any atom is 0.456 e. The summed E-state index contributed by atoms with van der Waals surface area (Å²) in [6, 6.07) is 0.